The van der Waals surface area contributed by atoms with Crippen LogP contribution in [0, 0.1) is 0 Å². The summed E-state index contributed by atoms with van der Waals surface area (Å²) in [6.45, 7) is 0. The van der Waals surface area contributed by atoms with Crippen LogP contribution in [0.1, 0.15) is 0 Å². The lowest BCUT2D eigenvalue weighted by molar-refractivity contribution is 0.782. The minimum atomic E-state index is 0.364. The van der Waals surface area contributed by atoms with Gasteiger partial charge in [0.1, 0.15) is 5.03 Å². The van der Waals surface area contributed by atoms with Crippen molar-refractivity contribution in [3.8, 4) is 0 Å². The van der Waals surface area contributed by atoms with E-state index >= 15 is 0 Å². The summed E-state index contributed by atoms with van der Waals surface area (Å²) in [5.74, 6) is 0. The maximum Gasteiger partial charge on any atom is 0.206 e. The zero-order valence-electron chi connectivity index (χ0n) is 3.81. The third-order valence-corrected chi connectivity index (χ3v) is 0.947. The van der Waals surface area contributed by atoms with Gasteiger partial charge in [-0.3, -0.25) is 0 Å². The van der Waals surface area contributed by atoms with Gasteiger partial charge in [0.05, 0.1) is 6.20 Å². The highest BCUT2D eigenvalue weighted by Crippen LogP contribution is 1.97. The summed E-state index contributed by atoms with van der Waals surface area (Å²) in [6, 6.07) is 0. The van der Waals surface area contributed by atoms with Gasteiger partial charge >= 0.3 is 0 Å². The number of thiol groups is 2. The fourth-order valence-corrected chi connectivity index (χ4v) is 0.468. The van der Waals surface area contributed by atoms with Crippen LogP contribution in [0.25, 0.3) is 0 Å². The van der Waals surface area contributed by atoms with Crippen LogP contribution in [-0.4, -0.2) is 15.2 Å². The standard InChI is InChI=1S/C3H3N3S2/c7-2-1-4-3(8)6-5-2/h1H,(H,5,7)(H,4,6,8). The highest BCUT2D eigenvalue weighted by molar-refractivity contribution is 7.80. The molecule has 0 atom stereocenters. The normalized spacial score (nSPS) is 9.25. The Labute approximate surface area is 57.4 Å². The van der Waals surface area contributed by atoms with E-state index in [-0.39, 0.29) is 0 Å². The Bertz CT molecular complexity index is 151. The minimum absolute atomic E-state index is 0.364. The van der Waals surface area contributed by atoms with Gasteiger partial charge in [-0.2, -0.15) is 0 Å². The lowest BCUT2D eigenvalue weighted by Gasteiger charge is -1.85. The van der Waals surface area contributed by atoms with Crippen molar-refractivity contribution in [1.29, 1.82) is 0 Å². The lowest BCUT2D eigenvalue weighted by Crippen LogP contribution is -1.86. The molecule has 0 N–H and O–H groups in total. The van der Waals surface area contributed by atoms with E-state index in [0.717, 1.165) is 0 Å². The van der Waals surface area contributed by atoms with Crippen LogP contribution in [0.15, 0.2) is 16.4 Å². The van der Waals surface area contributed by atoms with E-state index in [2.05, 4.69) is 40.4 Å². The molecule has 1 aromatic rings. The fourth-order valence-electron chi connectivity index (χ4n) is 0.263. The molecule has 0 aliphatic carbocycles. The molecule has 0 radical (unpaired) electrons. The molecule has 1 aromatic heterocycles. The first kappa shape index (κ1) is 5.84. The monoisotopic (exact) mass is 145 g/mol. The first-order chi connectivity index (χ1) is 3.79. The molecule has 0 unspecified atom stereocenters. The quantitative estimate of drug-likeness (QED) is 0.521. The molecule has 0 bridgehead atoms. The van der Waals surface area contributed by atoms with Crippen LogP contribution in [0.3, 0.4) is 0 Å². The van der Waals surface area contributed by atoms with Crippen LogP contribution in [0.5, 0.6) is 0 Å². The summed E-state index contributed by atoms with van der Waals surface area (Å²) in [5.41, 5.74) is 0. The Balaban J connectivity index is 3.03. The van der Waals surface area contributed by atoms with Gasteiger partial charge in [-0.1, -0.05) is 0 Å². The van der Waals surface area contributed by atoms with Crippen molar-refractivity contribution in [2.75, 3.05) is 0 Å². The molecule has 1 rings (SSSR count). The Morgan fingerprint density at radius 1 is 1.25 bits per heavy atom. The summed E-state index contributed by atoms with van der Waals surface area (Å²) in [5, 5.41) is 7.93. The van der Waals surface area contributed by atoms with Crippen molar-refractivity contribution >= 4 is 25.3 Å². The number of aromatic nitrogens is 3. The summed E-state index contributed by atoms with van der Waals surface area (Å²) in [7, 11) is 0. The van der Waals surface area contributed by atoms with Gasteiger partial charge in [-0.15, -0.1) is 35.5 Å². The van der Waals surface area contributed by atoms with Crippen molar-refractivity contribution in [3.63, 3.8) is 0 Å². The topological polar surface area (TPSA) is 38.7 Å². The molecule has 0 aliphatic heterocycles. The van der Waals surface area contributed by atoms with Gasteiger partial charge in [-0.25, -0.2) is 4.98 Å². The summed E-state index contributed by atoms with van der Waals surface area (Å²) >= 11 is 7.67. The molecule has 5 heteroatoms. The van der Waals surface area contributed by atoms with Crippen molar-refractivity contribution < 1.29 is 0 Å². The average Bonchev–Trinajstić information content (AvgIpc) is 1.77. The smallest absolute Gasteiger partial charge is 0.206 e. The molecule has 3 nitrogen and oxygen atoms in total. The van der Waals surface area contributed by atoms with Crippen molar-refractivity contribution in [1.82, 2.24) is 15.2 Å². The van der Waals surface area contributed by atoms with Gasteiger partial charge in [0, 0.05) is 0 Å². The Morgan fingerprint density at radius 2 is 2.00 bits per heavy atom. The summed E-state index contributed by atoms with van der Waals surface area (Å²) in [4.78, 5) is 3.69. The highest BCUT2D eigenvalue weighted by atomic mass is 32.1. The molecular weight excluding hydrogens is 142 g/mol. The third kappa shape index (κ3) is 1.34. The zero-order chi connectivity index (χ0) is 5.98. The third-order valence-electron chi connectivity index (χ3n) is 0.537. The number of hydrogen-bond donors (Lipinski definition) is 2. The maximum absolute atomic E-state index is 3.86. The first-order valence-corrected chi connectivity index (χ1v) is 2.76. The SMILES string of the molecule is Sc1cnc(S)nn1. The van der Waals surface area contributed by atoms with Crippen molar-refractivity contribution in [2.24, 2.45) is 0 Å². The second-order valence-corrected chi connectivity index (χ2v) is 1.97. The Morgan fingerprint density at radius 3 is 2.38 bits per heavy atom. The van der Waals surface area contributed by atoms with Crippen molar-refractivity contribution in [2.45, 2.75) is 10.2 Å². The summed E-state index contributed by atoms with van der Waals surface area (Å²) in [6.07, 6.45) is 1.48. The van der Waals surface area contributed by atoms with E-state index < -0.39 is 0 Å². The van der Waals surface area contributed by atoms with Crippen LogP contribution in [-0.2, 0) is 0 Å². The first-order valence-electron chi connectivity index (χ1n) is 1.86. The Kier molecular flexibility index (Phi) is 1.69. The highest BCUT2D eigenvalue weighted by Gasteiger charge is 1.86. The molecule has 0 saturated carbocycles. The minimum Gasteiger partial charge on any atom is -0.227 e. The molecule has 0 saturated heterocycles. The van der Waals surface area contributed by atoms with E-state index in [1.165, 1.54) is 6.20 Å². The van der Waals surface area contributed by atoms with Crippen LogP contribution < -0.4 is 0 Å². The summed E-state index contributed by atoms with van der Waals surface area (Å²) < 4.78 is 0. The maximum atomic E-state index is 3.86. The second kappa shape index (κ2) is 2.32. The van der Waals surface area contributed by atoms with Crippen LogP contribution in [0.4, 0.5) is 0 Å². The molecule has 0 aliphatic rings. The van der Waals surface area contributed by atoms with Crippen molar-refractivity contribution in [3.05, 3.63) is 6.20 Å². The van der Waals surface area contributed by atoms with Gasteiger partial charge in [-0.05, 0) is 0 Å². The van der Waals surface area contributed by atoms with Gasteiger partial charge in [0.2, 0.25) is 5.16 Å². The molecule has 42 valence electrons. The van der Waals surface area contributed by atoms with E-state index in [4.69, 9.17) is 0 Å². The van der Waals surface area contributed by atoms with Crippen LogP contribution >= 0.6 is 25.3 Å². The number of rotatable bonds is 0. The van der Waals surface area contributed by atoms with E-state index in [9.17, 15) is 0 Å². The largest absolute Gasteiger partial charge is 0.227 e. The zero-order valence-corrected chi connectivity index (χ0v) is 5.60. The molecular formula is C3H3N3S2. The van der Waals surface area contributed by atoms with E-state index in [1.54, 1.807) is 0 Å². The van der Waals surface area contributed by atoms with Gasteiger partial charge < -0.3 is 0 Å². The molecule has 1 heterocycles. The average molecular weight is 145 g/mol. The Hall–Kier alpha value is -0.290. The van der Waals surface area contributed by atoms with Crippen LogP contribution in [0.2, 0.25) is 0 Å². The predicted octanol–water partition coefficient (Wildman–Crippen LogP) is 0.449. The lowest BCUT2D eigenvalue weighted by atomic mass is 10.9. The molecule has 0 fully saturated rings. The molecule has 0 amide bonds. The van der Waals surface area contributed by atoms with E-state index in [1.807, 2.05) is 0 Å². The second-order valence-electron chi connectivity index (χ2n) is 1.12. The molecule has 8 heavy (non-hydrogen) atoms. The number of hydrogen-bond acceptors (Lipinski definition) is 5. The van der Waals surface area contributed by atoms with Gasteiger partial charge in [0.25, 0.3) is 0 Å². The predicted molar refractivity (Wildman–Crippen MR) is 34.3 cm³/mol. The molecule has 0 spiro atoms. The molecule has 0 aromatic carbocycles. The van der Waals surface area contributed by atoms with Gasteiger partial charge in [0.15, 0.2) is 0 Å². The fraction of sp³-hybridized carbons (Fsp3) is 0. The van der Waals surface area contributed by atoms with E-state index in [0.29, 0.717) is 10.2 Å². The number of nitrogens with zero attached hydrogens (tertiary/aromatic N) is 3.